The Bertz CT molecular complexity index is 566. The van der Waals surface area contributed by atoms with Crippen LogP contribution in [0.15, 0.2) is 0 Å². The van der Waals surface area contributed by atoms with Gasteiger partial charge in [0.25, 0.3) is 0 Å². The summed E-state index contributed by atoms with van der Waals surface area (Å²) in [7, 11) is 1.81. The lowest BCUT2D eigenvalue weighted by Crippen LogP contribution is -2.62. The van der Waals surface area contributed by atoms with Gasteiger partial charge in [0.15, 0.2) is 0 Å². The summed E-state index contributed by atoms with van der Waals surface area (Å²) in [5.41, 5.74) is 0. The van der Waals surface area contributed by atoms with Crippen molar-refractivity contribution in [3.63, 3.8) is 0 Å². The van der Waals surface area contributed by atoms with Crippen LogP contribution in [0.3, 0.4) is 0 Å². The predicted octanol–water partition coefficient (Wildman–Crippen LogP) is 0.327. The number of β-amino-alcohol motifs (C(OH)–C–C–N with tert-alkyl or cyclic N) is 1. The number of piperidine rings is 1. The average Bonchev–Trinajstić information content (AvgIpc) is 3.12. The van der Waals surface area contributed by atoms with E-state index in [9.17, 15) is 25.5 Å². The second-order valence-corrected chi connectivity index (χ2v) is 10.4. The smallest absolute Gasteiger partial charge is 0.134 e. The van der Waals surface area contributed by atoms with Crippen LogP contribution in [0.25, 0.3) is 0 Å². The van der Waals surface area contributed by atoms with Gasteiger partial charge in [-0.15, -0.1) is 0 Å². The van der Waals surface area contributed by atoms with Crippen LogP contribution in [0.2, 0.25) is 0 Å². The van der Waals surface area contributed by atoms with Crippen LogP contribution in [0.1, 0.15) is 87.5 Å². The minimum atomic E-state index is -1.01. The number of likely N-dealkylation sites (N-methyl/N-ethyl adjacent to an activating group) is 1. The number of likely N-dealkylation sites (tertiary alicyclic amines) is 1. The molecule has 2 unspecified atom stereocenters. The van der Waals surface area contributed by atoms with Gasteiger partial charge in [0.2, 0.25) is 0 Å². The van der Waals surface area contributed by atoms with Crippen molar-refractivity contribution in [3.05, 3.63) is 0 Å². The maximum absolute atomic E-state index is 10.6. The van der Waals surface area contributed by atoms with Crippen LogP contribution in [-0.4, -0.2) is 153 Å². The van der Waals surface area contributed by atoms with E-state index in [0.717, 1.165) is 25.8 Å². The van der Waals surface area contributed by atoms with Gasteiger partial charge >= 0.3 is 0 Å². The molecule has 0 bridgehead atoms. The molecule has 2 rings (SSSR count). The van der Waals surface area contributed by atoms with Gasteiger partial charge in [-0.05, 0) is 46.7 Å². The zero-order valence-corrected chi connectivity index (χ0v) is 28.1. The zero-order chi connectivity index (χ0) is 33.3. The van der Waals surface area contributed by atoms with Gasteiger partial charge in [0.1, 0.15) is 6.10 Å². The van der Waals surface area contributed by atoms with Gasteiger partial charge in [-0.25, -0.2) is 0 Å². The summed E-state index contributed by atoms with van der Waals surface area (Å²) >= 11 is 0. The highest BCUT2D eigenvalue weighted by Crippen LogP contribution is 2.25. The molecule has 9 N–H and O–H groups in total. The first-order chi connectivity index (χ1) is 20.0. The van der Waals surface area contributed by atoms with E-state index in [-0.39, 0.29) is 31.9 Å². The molecule has 2 aliphatic rings. The molecule has 0 radical (unpaired) electrons. The second-order valence-electron chi connectivity index (χ2n) is 10.4. The summed E-state index contributed by atoms with van der Waals surface area (Å²) < 4.78 is 0. The largest absolute Gasteiger partial charge is 0.396 e. The summed E-state index contributed by atoms with van der Waals surface area (Å²) in [6.07, 6.45) is -1.07. The van der Waals surface area contributed by atoms with E-state index >= 15 is 0 Å². The SMILES string of the molecule is CC.CC.CCCCN1C[C@H](O)[C@@H](ON2CC[C@@H](O)[C@H](O)C(CO)C2)[C@H](O)C1C.CCC[C@@H](O)CO.CNC[C@@H](C)O. The molecule has 12 heteroatoms. The lowest BCUT2D eigenvalue weighted by atomic mass is 9.94. The highest BCUT2D eigenvalue weighted by molar-refractivity contribution is 4.93. The normalized spacial score (nSPS) is 29.5. The molecule has 0 aromatic carbocycles. The van der Waals surface area contributed by atoms with Gasteiger partial charge < -0.3 is 46.2 Å². The fraction of sp³-hybridized carbons (Fsp3) is 1.00. The molecule has 0 spiro atoms. The molecule has 2 fully saturated rings. The summed E-state index contributed by atoms with van der Waals surface area (Å²) in [5.74, 6) is -0.533. The number of hydrogen-bond acceptors (Lipinski definition) is 12. The van der Waals surface area contributed by atoms with Gasteiger partial charge in [-0.2, -0.15) is 5.06 Å². The van der Waals surface area contributed by atoms with Crippen LogP contribution in [0.5, 0.6) is 0 Å². The van der Waals surface area contributed by atoms with E-state index in [2.05, 4.69) is 17.1 Å². The highest BCUT2D eigenvalue weighted by Gasteiger charge is 2.43. The van der Waals surface area contributed by atoms with Gasteiger partial charge in [-0.1, -0.05) is 54.4 Å². The van der Waals surface area contributed by atoms with Crippen molar-refractivity contribution in [3.8, 4) is 0 Å². The molecule has 2 heterocycles. The minimum Gasteiger partial charge on any atom is -0.396 e. The Hall–Kier alpha value is -0.480. The minimum absolute atomic E-state index is 0.103. The highest BCUT2D eigenvalue weighted by atomic mass is 16.7. The van der Waals surface area contributed by atoms with E-state index < -0.39 is 42.5 Å². The van der Waals surface area contributed by atoms with Crippen molar-refractivity contribution in [2.45, 2.75) is 136 Å². The fourth-order valence-electron chi connectivity index (χ4n) is 4.39. The number of unbranched alkanes of at least 4 members (excludes halogenated alkanes) is 1. The molecule has 9 atom stereocenters. The summed E-state index contributed by atoms with van der Waals surface area (Å²) in [6, 6.07) is -0.128. The van der Waals surface area contributed by atoms with Crippen molar-refractivity contribution in [2.75, 3.05) is 53.0 Å². The zero-order valence-electron chi connectivity index (χ0n) is 28.1. The molecule has 2 aliphatic heterocycles. The topological polar surface area (TPSA) is 190 Å². The summed E-state index contributed by atoms with van der Waals surface area (Å²) in [4.78, 5) is 7.94. The van der Waals surface area contributed by atoms with E-state index in [1.807, 2.05) is 48.6 Å². The quantitative estimate of drug-likeness (QED) is 0.155. The van der Waals surface area contributed by atoms with Gasteiger partial charge in [0.05, 0.1) is 43.2 Å². The van der Waals surface area contributed by atoms with Crippen LogP contribution in [-0.2, 0) is 4.84 Å². The van der Waals surface area contributed by atoms with Crippen LogP contribution in [0, 0.1) is 5.92 Å². The van der Waals surface area contributed by atoms with E-state index in [0.29, 0.717) is 32.5 Å². The Morgan fingerprint density at radius 2 is 1.50 bits per heavy atom. The molecule has 42 heavy (non-hydrogen) atoms. The number of hydroxylamine groups is 2. The van der Waals surface area contributed by atoms with Crippen LogP contribution >= 0.6 is 0 Å². The average molecular weight is 616 g/mol. The molecular formula is C30H69N3O9. The lowest BCUT2D eigenvalue weighted by Gasteiger charge is -2.45. The first-order valence-corrected chi connectivity index (χ1v) is 16.1. The number of hydrogen-bond donors (Lipinski definition) is 9. The molecule has 2 saturated heterocycles. The van der Waals surface area contributed by atoms with Crippen molar-refractivity contribution >= 4 is 0 Å². The Morgan fingerprint density at radius 3 is 1.90 bits per heavy atom. The second kappa shape index (κ2) is 29.2. The number of nitrogens with zero attached hydrogens (tertiary/aromatic N) is 2. The van der Waals surface area contributed by atoms with Crippen LogP contribution < -0.4 is 5.32 Å². The third-order valence-corrected chi connectivity index (χ3v) is 6.83. The molecular weight excluding hydrogens is 546 g/mol. The lowest BCUT2D eigenvalue weighted by molar-refractivity contribution is -0.271. The molecule has 12 nitrogen and oxygen atoms in total. The first-order valence-electron chi connectivity index (χ1n) is 16.1. The molecule has 0 amide bonds. The Balaban J connectivity index is -0.000000737. The third-order valence-electron chi connectivity index (χ3n) is 6.83. The molecule has 0 aromatic heterocycles. The van der Waals surface area contributed by atoms with Gasteiger partial charge in [0, 0.05) is 44.7 Å². The maximum atomic E-state index is 10.6. The molecule has 0 saturated carbocycles. The van der Waals surface area contributed by atoms with Crippen molar-refractivity contribution in [1.29, 1.82) is 0 Å². The maximum Gasteiger partial charge on any atom is 0.134 e. The summed E-state index contributed by atoms with van der Waals surface area (Å²) in [5, 5.41) is 80.1. The van der Waals surface area contributed by atoms with Crippen LogP contribution in [0.4, 0.5) is 0 Å². The van der Waals surface area contributed by atoms with Crippen molar-refractivity contribution in [2.24, 2.45) is 5.92 Å². The Morgan fingerprint density at radius 1 is 0.905 bits per heavy atom. The van der Waals surface area contributed by atoms with Crippen molar-refractivity contribution in [1.82, 2.24) is 15.3 Å². The summed E-state index contributed by atoms with van der Waals surface area (Å²) in [6.45, 7) is 17.9. The molecule has 258 valence electrons. The predicted molar refractivity (Wildman–Crippen MR) is 168 cm³/mol. The van der Waals surface area contributed by atoms with E-state index in [1.54, 1.807) is 12.0 Å². The first kappa shape index (κ1) is 45.9. The molecule has 0 aromatic rings. The number of aliphatic hydroxyl groups is 8. The Kier molecular flexibility index (Phi) is 32.0. The Labute approximate surface area is 256 Å². The monoisotopic (exact) mass is 616 g/mol. The fourth-order valence-corrected chi connectivity index (χ4v) is 4.39. The number of rotatable bonds is 11. The van der Waals surface area contributed by atoms with Gasteiger partial charge in [-0.3, -0.25) is 9.74 Å². The van der Waals surface area contributed by atoms with Crippen molar-refractivity contribution < 1.29 is 45.7 Å². The number of nitrogens with one attached hydrogen (secondary N) is 1. The standard InChI is InChI=1S/C17H34N2O6.C5H12O2.C4H11NO.2C2H6/c1-3-4-6-18-9-14(22)17(15(23)11(18)2)25-19-7-5-13(21)16(24)12(8-19)10-20;1-2-3-5(7)4-6;1-4(6)3-5-2;2*1-2/h11-17,20-24H,3-10H2,1-2H3;5-7H,2-4H2,1H3;4-6H,3H2,1-2H3;2*1-2H3/t11?,12?,13-,14+,15-,16-,17-;5-;4-;;/m111../s1. The third kappa shape index (κ3) is 19.7. The number of aliphatic hydroxyl groups excluding tert-OH is 8. The molecule has 0 aliphatic carbocycles. The van der Waals surface area contributed by atoms with E-state index in [4.69, 9.17) is 20.2 Å². The van der Waals surface area contributed by atoms with E-state index in [1.165, 1.54) is 0 Å².